The molecule has 0 spiro atoms. The third kappa shape index (κ3) is 5.29. The van der Waals surface area contributed by atoms with Crippen molar-refractivity contribution < 1.29 is 39.6 Å². The van der Waals surface area contributed by atoms with E-state index in [0.29, 0.717) is 30.3 Å². The van der Waals surface area contributed by atoms with E-state index in [2.05, 4.69) is 10.3 Å². The fraction of sp³-hybridized carbons (Fsp3) is 0.211. The molecule has 11 heteroatoms. The Morgan fingerprint density at radius 3 is 2.20 bits per heavy atom. The second-order valence-corrected chi connectivity index (χ2v) is 6.23. The fourth-order valence-electron chi connectivity index (χ4n) is 3.04. The number of hydrogen-bond donors (Lipinski definition) is 5. The van der Waals surface area contributed by atoms with E-state index in [4.69, 9.17) is 15.3 Å². The first kappa shape index (κ1) is 22.3. The van der Waals surface area contributed by atoms with Crippen LogP contribution >= 0.6 is 0 Å². The highest BCUT2D eigenvalue weighted by Gasteiger charge is 2.27. The summed E-state index contributed by atoms with van der Waals surface area (Å²) in [7, 11) is 1.84. The number of para-hydroxylation sites is 1. The van der Waals surface area contributed by atoms with Crippen LogP contribution in [0.4, 0.5) is 0 Å². The molecule has 1 aliphatic rings. The Morgan fingerprint density at radius 1 is 1.07 bits per heavy atom. The van der Waals surface area contributed by atoms with E-state index in [9.17, 15) is 24.3 Å². The zero-order valence-corrected chi connectivity index (χ0v) is 15.8. The van der Waals surface area contributed by atoms with E-state index in [1.165, 1.54) is 0 Å². The molecule has 0 aliphatic carbocycles. The minimum Gasteiger partial charge on any atom is -0.478 e. The molecule has 2 aromatic rings. The zero-order valence-electron chi connectivity index (χ0n) is 15.8. The van der Waals surface area contributed by atoms with Crippen LogP contribution in [0.5, 0.6) is 0 Å². The molecule has 0 amide bonds. The van der Waals surface area contributed by atoms with Gasteiger partial charge in [0.05, 0.1) is 11.0 Å². The van der Waals surface area contributed by atoms with Crippen molar-refractivity contribution in [1.82, 2.24) is 14.9 Å². The maximum Gasteiger partial charge on any atom is 0.339 e. The molecule has 1 atom stereocenters. The van der Waals surface area contributed by atoms with Gasteiger partial charge in [0, 0.05) is 30.8 Å². The molecule has 0 fully saturated rings. The lowest BCUT2D eigenvalue weighted by atomic mass is 10.0. The van der Waals surface area contributed by atoms with E-state index >= 15 is 0 Å². The standard InChI is InChI=1S/C15H15N3O4.C4H4O4/c1-16-9-5-8-3-2-4-11-13(8)18(7-9)14(17-11)10(15(21)22)6-12(19)20;5-3(6)1-2-4(7)8/h2-4,6,9,16H,5,7H2,1H3,(H,19,20)(H,21,22);1-2H,(H,5,6)(H,7,8)/b;2-1-/t9-;/m1./s1. The molecule has 1 aromatic carbocycles. The van der Waals surface area contributed by atoms with Crippen molar-refractivity contribution in [2.45, 2.75) is 19.0 Å². The number of carbonyl (C=O) groups is 4. The Morgan fingerprint density at radius 2 is 1.70 bits per heavy atom. The highest BCUT2D eigenvalue weighted by atomic mass is 16.4. The molecule has 0 saturated carbocycles. The van der Waals surface area contributed by atoms with Crippen molar-refractivity contribution in [2.75, 3.05) is 7.05 Å². The Hall–Kier alpha value is -3.99. The van der Waals surface area contributed by atoms with Gasteiger partial charge in [0.1, 0.15) is 11.4 Å². The van der Waals surface area contributed by atoms with Crippen LogP contribution in [-0.4, -0.2) is 66.9 Å². The fourth-order valence-corrected chi connectivity index (χ4v) is 3.04. The summed E-state index contributed by atoms with van der Waals surface area (Å²) in [5.74, 6) is -4.95. The van der Waals surface area contributed by atoms with Gasteiger partial charge in [-0.05, 0) is 25.1 Å². The van der Waals surface area contributed by atoms with Crippen LogP contribution in [0.25, 0.3) is 16.6 Å². The van der Waals surface area contributed by atoms with E-state index in [1.54, 1.807) is 10.6 Å². The molecule has 1 aromatic heterocycles. The van der Waals surface area contributed by atoms with Crippen molar-refractivity contribution in [3.05, 3.63) is 47.8 Å². The normalized spacial score (nSPS) is 15.5. The minimum absolute atomic E-state index is 0.144. The Bertz CT molecular complexity index is 1050. The maximum absolute atomic E-state index is 11.4. The van der Waals surface area contributed by atoms with Gasteiger partial charge >= 0.3 is 23.9 Å². The molecule has 0 unspecified atom stereocenters. The lowest BCUT2D eigenvalue weighted by Crippen LogP contribution is -2.35. The number of likely N-dealkylation sites (N-methyl/N-ethyl adjacent to an activating group) is 1. The number of nitrogens with zero attached hydrogens (tertiary/aromatic N) is 2. The maximum atomic E-state index is 11.4. The molecule has 11 nitrogen and oxygen atoms in total. The summed E-state index contributed by atoms with van der Waals surface area (Å²) in [6.45, 7) is 0.545. The summed E-state index contributed by atoms with van der Waals surface area (Å²) in [6.07, 6.45) is 2.63. The number of imidazole rings is 1. The number of carboxylic acid groups (broad SMARTS) is 4. The van der Waals surface area contributed by atoms with Crippen molar-refractivity contribution in [2.24, 2.45) is 0 Å². The molecule has 3 rings (SSSR count). The van der Waals surface area contributed by atoms with Crippen molar-refractivity contribution in [1.29, 1.82) is 0 Å². The van der Waals surface area contributed by atoms with Crippen LogP contribution in [-0.2, 0) is 32.1 Å². The second kappa shape index (κ2) is 9.47. The van der Waals surface area contributed by atoms with Crippen LogP contribution in [0, 0.1) is 0 Å². The highest BCUT2D eigenvalue weighted by Crippen LogP contribution is 2.29. The smallest absolute Gasteiger partial charge is 0.339 e. The molecule has 158 valence electrons. The summed E-state index contributed by atoms with van der Waals surface area (Å²) in [5, 5.41) is 37.0. The quantitative estimate of drug-likeness (QED) is 0.414. The van der Waals surface area contributed by atoms with E-state index < -0.39 is 23.9 Å². The first-order valence-corrected chi connectivity index (χ1v) is 8.61. The molecule has 0 radical (unpaired) electrons. The van der Waals surface area contributed by atoms with Gasteiger partial charge in [-0.15, -0.1) is 0 Å². The van der Waals surface area contributed by atoms with Crippen molar-refractivity contribution >= 4 is 40.5 Å². The number of aliphatic carboxylic acids is 4. The third-order valence-electron chi connectivity index (χ3n) is 4.24. The largest absolute Gasteiger partial charge is 0.478 e. The number of rotatable bonds is 6. The summed E-state index contributed by atoms with van der Waals surface area (Å²) >= 11 is 0. The topological polar surface area (TPSA) is 179 Å². The summed E-state index contributed by atoms with van der Waals surface area (Å²) in [5.41, 5.74) is 2.31. The summed E-state index contributed by atoms with van der Waals surface area (Å²) in [4.78, 5) is 45.8. The Kier molecular flexibility index (Phi) is 7.04. The molecule has 5 N–H and O–H groups in total. The molecular formula is C19H19N3O8. The zero-order chi connectivity index (χ0) is 22.4. The lowest BCUT2D eigenvalue weighted by molar-refractivity contribution is -0.134. The monoisotopic (exact) mass is 417 g/mol. The molecule has 1 aliphatic heterocycles. The Balaban J connectivity index is 0.000000343. The van der Waals surface area contributed by atoms with Crippen LogP contribution in [0.3, 0.4) is 0 Å². The number of benzene rings is 1. The van der Waals surface area contributed by atoms with Gasteiger partial charge in [0.25, 0.3) is 0 Å². The number of aromatic nitrogens is 2. The Labute approximate surface area is 169 Å². The van der Waals surface area contributed by atoms with Crippen molar-refractivity contribution in [3.63, 3.8) is 0 Å². The van der Waals surface area contributed by atoms with Gasteiger partial charge in [0.2, 0.25) is 0 Å². The molecule has 30 heavy (non-hydrogen) atoms. The molecule has 2 heterocycles. The van der Waals surface area contributed by atoms with E-state index in [0.717, 1.165) is 17.5 Å². The first-order chi connectivity index (χ1) is 14.1. The lowest BCUT2D eigenvalue weighted by Gasteiger charge is -2.25. The van der Waals surface area contributed by atoms with Gasteiger partial charge in [-0.2, -0.15) is 0 Å². The average molecular weight is 417 g/mol. The van der Waals surface area contributed by atoms with Crippen LogP contribution in [0.15, 0.2) is 36.4 Å². The average Bonchev–Trinajstić information content (AvgIpc) is 3.04. The van der Waals surface area contributed by atoms with Gasteiger partial charge in [-0.25, -0.2) is 24.2 Å². The SMILES string of the molecule is CN[C@@H]1Cc2cccc3nc(C(=CC(=O)O)C(=O)O)n(c23)C1.O=C(O)/C=C\C(=O)O. The second-order valence-electron chi connectivity index (χ2n) is 6.23. The predicted octanol–water partition coefficient (Wildman–Crippen LogP) is 0.445. The summed E-state index contributed by atoms with van der Waals surface area (Å²) in [6, 6.07) is 5.80. The van der Waals surface area contributed by atoms with Gasteiger partial charge in [-0.3, -0.25) is 0 Å². The number of nitrogens with one attached hydrogen (secondary N) is 1. The van der Waals surface area contributed by atoms with E-state index in [1.807, 2.05) is 19.2 Å². The summed E-state index contributed by atoms with van der Waals surface area (Å²) < 4.78 is 1.79. The van der Waals surface area contributed by atoms with E-state index in [-0.39, 0.29) is 17.4 Å². The van der Waals surface area contributed by atoms with Gasteiger partial charge < -0.3 is 30.3 Å². The first-order valence-electron chi connectivity index (χ1n) is 8.61. The van der Waals surface area contributed by atoms with Crippen molar-refractivity contribution in [3.8, 4) is 0 Å². The minimum atomic E-state index is -1.31. The van der Waals surface area contributed by atoms with Crippen LogP contribution < -0.4 is 5.32 Å². The third-order valence-corrected chi connectivity index (χ3v) is 4.24. The predicted molar refractivity (Wildman–Crippen MR) is 104 cm³/mol. The highest BCUT2D eigenvalue weighted by molar-refractivity contribution is 6.19. The molecule has 0 bridgehead atoms. The van der Waals surface area contributed by atoms with Crippen LogP contribution in [0.2, 0.25) is 0 Å². The van der Waals surface area contributed by atoms with Gasteiger partial charge in [-0.1, -0.05) is 12.1 Å². The van der Waals surface area contributed by atoms with Gasteiger partial charge in [0.15, 0.2) is 0 Å². The number of hydrogen-bond acceptors (Lipinski definition) is 6. The number of carboxylic acids is 4. The molecule has 0 saturated heterocycles. The van der Waals surface area contributed by atoms with Crippen LogP contribution in [0.1, 0.15) is 11.4 Å². The molecular weight excluding hydrogens is 398 g/mol.